The van der Waals surface area contributed by atoms with Crippen LogP contribution < -0.4 is 9.47 Å². The maximum absolute atomic E-state index is 14.4. The molecule has 0 saturated heterocycles. The lowest BCUT2D eigenvalue weighted by Gasteiger charge is -2.40. The number of benzene rings is 2. The van der Waals surface area contributed by atoms with E-state index in [2.05, 4.69) is 0 Å². The van der Waals surface area contributed by atoms with E-state index in [1.54, 1.807) is 33.8 Å². The van der Waals surface area contributed by atoms with Gasteiger partial charge in [0.1, 0.15) is 11.6 Å². The summed E-state index contributed by atoms with van der Waals surface area (Å²) in [6, 6.07) is 12.7. The summed E-state index contributed by atoms with van der Waals surface area (Å²) in [7, 11) is -3.76. The Hall–Kier alpha value is -3.35. The van der Waals surface area contributed by atoms with Crippen LogP contribution in [0.4, 0.5) is 4.79 Å². The van der Waals surface area contributed by atoms with Crippen LogP contribution in [0.2, 0.25) is 0 Å². The van der Waals surface area contributed by atoms with Gasteiger partial charge in [-0.15, -0.1) is 0 Å². The molecule has 0 spiro atoms. The molecule has 3 rings (SSSR count). The first kappa shape index (κ1) is 35.1. The van der Waals surface area contributed by atoms with Crippen LogP contribution in [0.3, 0.4) is 0 Å². The van der Waals surface area contributed by atoms with Gasteiger partial charge in [-0.25, -0.2) is 18.2 Å². The molecule has 0 saturated carbocycles. The first-order chi connectivity index (χ1) is 20.7. The second kappa shape index (κ2) is 15.1. The van der Waals surface area contributed by atoms with Crippen molar-refractivity contribution in [2.45, 2.75) is 84.4 Å². The standard InChI is InChI=1S/C32H47N3O8S/c1-8-17-33(31(37)43-32(5,6)7)29(24(4)9-2)30(36)34(20-25-13-11-10-12-14-25)35(38)19-23(3)21-44(39,40)26-15-16-27-28(18-26)42-22-41-27/h10-16,18,23-24,29,38H,8-9,17,19-22H2,1-7H3/t23-,24+,29+/m1/s1. The monoisotopic (exact) mass is 633 g/mol. The van der Waals surface area contributed by atoms with Crippen LogP contribution in [-0.2, 0) is 25.9 Å². The third-order valence-corrected chi connectivity index (χ3v) is 9.23. The van der Waals surface area contributed by atoms with Crippen LogP contribution in [0, 0.1) is 11.8 Å². The minimum atomic E-state index is -3.76. The van der Waals surface area contributed by atoms with Crippen molar-refractivity contribution in [1.82, 2.24) is 15.1 Å². The van der Waals surface area contributed by atoms with Crippen molar-refractivity contribution in [2.24, 2.45) is 11.8 Å². The Kier molecular flexibility index (Phi) is 12.0. The molecule has 0 aromatic heterocycles. The Morgan fingerprint density at radius 3 is 2.30 bits per heavy atom. The average Bonchev–Trinajstić information content (AvgIpc) is 3.42. The molecule has 0 aliphatic carbocycles. The molecule has 44 heavy (non-hydrogen) atoms. The summed E-state index contributed by atoms with van der Waals surface area (Å²) >= 11 is 0. The summed E-state index contributed by atoms with van der Waals surface area (Å²) in [6.45, 7) is 12.9. The van der Waals surface area contributed by atoms with Gasteiger partial charge in [-0.1, -0.05) is 69.6 Å². The van der Waals surface area contributed by atoms with Crippen molar-refractivity contribution in [3.05, 3.63) is 54.1 Å². The van der Waals surface area contributed by atoms with E-state index in [1.807, 2.05) is 51.1 Å². The number of hydroxylamine groups is 1. The van der Waals surface area contributed by atoms with Gasteiger partial charge in [-0.05, 0) is 56.7 Å². The van der Waals surface area contributed by atoms with Crippen molar-refractivity contribution < 1.29 is 37.4 Å². The summed E-state index contributed by atoms with van der Waals surface area (Å²) in [4.78, 5) is 29.3. The van der Waals surface area contributed by atoms with Gasteiger partial charge >= 0.3 is 6.09 Å². The maximum atomic E-state index is 14.4. The van der Waals surface area contributed by atoms with Crippen molar-refractivity contribution in [2.75, 3.05) is 25.6 Å². The van der Waals surface area contributed by atoms with E-state index >= 15 is 0 Å². The van der Waals surface area contributed by atoms with E-state index in [9.17, 15) is 23.2 Å². The topological polar surface area (TPSA) is 126 Å². The molecule has 12 heteroatoms. The number of hydrogen-bond donors (Lipinski definition) is 1. The van der Waals surface area contributed by atoms with Gasteiger partial charge in [-0.2, -0.15) is 0 Å². The fraction of sp³-hybridized carbons (Fsp3) is 0.562. The molecule has 0 unspecified atom stereocenters. The summed E-state index contributed by atoms with van der Waals surface area (Å²) in [6.07, 6.45) is 0.578. The number of fused-ring (bicyclic) bond motifs is 1. The SMILES string of the molecule is CCCN(C(=O)OC(C)(C)C)[C@H](C(=O)N(Cc1ccccc1)N(O)C[C@@H](C)CS(=O)(=O)c1ccc2c(c1)OCO2)[C@@H](C)CC. The second-order valence-corrected chi connectivity index (χ2v) is 14.4. The Balaban J connectivity index is 1.89. The second-order valence-electron chi connectivity index (χ2n) is 12.3. The Morgan fingerprint density at radius 2 is 1.68 bits per heavy atom. The Labute approximate surface area is 261 Å². The number of rotatable bonds is 14. The Morgan fingerprint density at radius 1 is 1.02 bits per heavy atom. The molecule has 1 aliphatic rings. The summed E-state index contributed by atoms with van der Waals surface area (Å²) in [5.41, 5.74) is -0.0136. The molecular formula is C32H47N3O8S. The summed E-state index contributed by atoms with van der Waals surface area (Å²) < 4.78 is 42.8. The van der Waals surface area contributed by atoms with Gasteiger partial charge in [0.2, 0.25) is 6.79 Å². The molecule has 2 aromatic rings. The quantitative estimate of drug-likeness (QED) is 0.268. The average molecular weight is 634 g/mol. The highest BCUT2D eigenvalue weighted by molar-refractivity contribution is 7.91. The normalized spacial score (nSPS) is 15.0. The van der Waals surface area contributed by atoms with Crippen molar-refractivity contribution >= 4 is 21.8 Å². The third kappa shape index (κ3) is 9.33. The number of carbonyl (C=O) groups is 2. The molecule has 3 atom stereocenters. The minimum absolute atomic E-state index is 0.0129. The first-order valence-electron chi connectivity index (χ1n) is 15.1. The molecule has 1 aliphatic heterocycles. The van der Waals surface area contributed by atoms with Crippen LogP contribution in [0.25, 0.3) is 0 Å². The molecular weight excluding hydrogens is 586 g/mol. The number of hydrogen-bond acceptors (Lipinski definition) is 9. The minimum Gasteiger partial charge on any atom is -0.454 e. The predicted molar refractivity (Wildman–Crippen MR) is 166 cm³/mol. The number of carbonyl (C=O) groups excluding carboxylic acids is 2. The number of amides is 2. The summed E-state index contributed by atoms with van der Waals surface area (Å²) in [5.74, 6) is -0.784. The molecule has 1 N–H and O–H groups in total. The zero-order chi connectivity index (χ0) is 32.7. The zero-order valence-electron chi connectivity index (χ0n) is 26.9. The number of ether oxygens (including phenoxy) is 3. The molecule has 0 radical (unpaired) electrons. The Bertz CT molecular complexity index is 1360. The van der Waals surface area contributed by atoms with Gasteiger partial charge in [0.15, 0.2) is 21.3 Å². The van der Waals surface area contributed by atoms with E-state index in [0.717, 1.165) is 10.7 Å². The molecule has 0 fully saturated rings. The predicted octanol–water partition coefficient (Wildman–Crippen LogP) is 5.52. The van der Waals surface area contributed by atoms with Crippen LogP contribution in [0.5, 0.6) is 11.5 Å². The van der Waals surface area contributed by atoms with Crippen molar-refractivity contribution in [1.29, 1.82) is 0 Å². The zero-order valence-corrected chi connectivity index (χ0v) is 27.7. The van der Waals surface area contributed by atoms with Crippen molar-refractivity contribution in [3.63, 3.8) is 0 Å². The van der Waals surface area contributed by atoms with Gasteiger partial charge in [0, 0.05) is 19.2 Å². The van der Waals surface area contributed by atoms with Gasteiger partial charge in [-0.3, -0.25) is 14.9 Å². The van der Waals surface area contributed by atoms with E-state index in [0.29, 0.717) is 24.3 Å². The lowest BCUT2D eigenvalue weighted by molar-refractivity contribution is -0.251. The van der Waals surface area contributed by atoms with Crippen LogP contribution in [0.15, 0.2) is 53.4 Å². The van der Waals surface area contributed by atoms with Crippen molar-refractivity contribution in [3.8, 4) is 11.5 Å². The van der Waals surface area contributed by atoms with Gasteiger partial charge < -0.3 is 14.2 Å². The number of hydrazine groups is 1. The lowest BCUT2D eigenvalue weighted by Crippen LogP contribution is -2.58. The molecule has 2 aromatic carbocycles. The van der Waals surface area contributed by atoms with Gasteiger partial charge in [0.05, 0.1) is 17.2 Å². The van der Waals surface area contributed by atoms with E-state index in [4.69, 9.17) is 14.2 Å². The maximum Gasteiger partial charge on any atom is 0.410 e. The van der Waals surface area contributed by atoms with Crippen LogP contribution in [-0.4, -0.2) is 78.0 Å². The lowest BCUT2D eigenvalue weighted by atomic mass is 9.96. The molecule has 11 nitrogen and oxygen atoms in total. The molecule has 2 amide bonds. The van der Waals surface area contributed by atoms with E-state index in [1.165, 1.54) is 22.0 Å². The highest BCUT2D eigenvalue weighted by Crippen LogP contribution is 2.34. The van der Waals surface area contributed by atoms with Gasteiger partial charge in [0.25, 0.3) is 5.91 Å². The fourth-order valence-corrected chi connectivity index (χ4v) is 6.58. The highest BCUT2D eigenvalue weighted by Gasteiger charge is 2.40. The van der Waals surface area contributed by atoms with E-state index in [-0.39, 0.29) is 43.0 Å². The summed E-state index contributed by atoms with van der Waals surface area (Å²) in [5, 5.41) is 13.4. The highest BCUT2D eigenvalue weighted by atomic mass is 32.2. The number of nitrogens with zero attached hydrogens (tertiary/aromatic N) is 3. The largest absolute Gasteiger partial charge is 0.454 e. The van der Waals surface area contributed by atoms with Crippen LogP contribution in [0.1, 0.15) is 66.9 Å². The molecule has 0 bridgehead atoms. The molecule has 244 valence electrons. The third-order valence-electron chi connectivity index (χ3n) is 7.25. The smallest absolute Gasteiger partial charge is 0.410 e. The number of sulfone groups is 1. The fourth-order valence-electron chi connectivity index (χ4n) is 4.97. The van der Waals surface area contributed by atoms with E-state index < -0.39 is 39.4 Å². The van der Waals surface area contributed by atoms with Crippen LogP contribution >= 0.6 is 0 Å². The first-order valence-corrected chi connectivity index (χ1v) is 16.8. The molecule has 1 heterocycles.